The third-order valence-corrected chi connectivity index (χ3v) is 5.81. The molecule has 2 nitrogen and oxygen atoms in total. The van der Waals surface area contributed by atoms with Gasteiger partial charge in [-0.05, 0) is 54.0 Å². The largest absolute Gasteiger partial charge is 0.324 e. The van der Waals surface area contributed by atoms with Gasteiger partial charge in [-0.2, -0.15) is 0 Å². The van der Waals surface area contributed by atoms with Gasteiger partial charge in [0.05, 0.1) is 0 Å². The molecule has 0 aromatic heterocycles. The molecule has 2 unspecified atom stereocenters. The van der Waals surface area contributed by atoms with Gasteiger partial charge >= 0.3 is 0 Å². The van der Waals surface area contributed by atoms with Crippen LogP contribution in [0, 0.1) is 5.92 Å². The lowest BCUT2D eigenvalue weighted by Crippen LogP contribution is -2.50. The van der Waals surface area contributed by atoms with Crippen LogP contribution in [-0.4, -0.2) is 12.1 Å². The van der Waals surface area contributed by atoms with Crippen molar-refractivity contribution in [2.75, 3.05) is 6.54 Å². The predicted molar refractivity (Wildman–Crippen MR) is 100 cm³/mol. The average Bonchev–Trinajstić information content (AvgIpc) is 2.97. The van der Waals surface area contributed by atoms with E-state index in [1.165, 1.54) is 35.3 Å². The standard InChI is InChI=1S/C20H26N2S/c1-2-18-11-7-13-20(18,21)15-22-23-19-12-6-10-17(14-19)16-8-4-3-5-9-16/h3-6,8-10,12,14,18,22H,2,7,11,13,15,21H2,1H3. The van der Waals surface area contributed by atoms with Crippen LogP contribution in [-0.2, 0) is 0 Å². The van der Waals surface area contributed by atoms with Gasteiger partial charge in [0.1, 0.15) is 0 Å². The monoisotopic (exact) mass is 326 g/mol. The van der Waals surface area contributed by atoms with E-state index in [-0.39, 0.29) is 5.54 Å². The van der Waals surface area contributed by atoms with E-state index in [9.17, 15) is 0 Å². The third kappa shape index (κ3) is 3.97. The molecule has 0 radical (unpaired) electrons. The summed E-state index contributed by atoms with van der Waals surface area (Å²) < 4.78 is 3.52. The van der Waals surface area contributed by atoms with Gasteiger partial charge in [-0.3, -0.25) is 4.72 Å². The van der Waals surface area contributed by atoms with E-state index in [0.717, 1.165) is 13.0 Å². The molecule has 1 saturated carbocycles. The normalized spacial score (nSPS) is 24.0. The topological polar surface area (TPSA) is 38.0 Å². The van der Waals surface area contributed by atoms with E-state index in [2.05, 4.69) is 66.2 Å². The summed E-state index contributed by atoms with van der Waals surface area (Å²) in [5, 5.41) is 0. The van der Waals surface area contributed by atoms with E-state index >= 15 is 0 Å². The molecule has 2 aromatic rings. The number of benzene rings is 2. The zero-order valence-electron chi connectivity index (χ0n) is 13.8. The van der Waals surface area contributed by atoms with Crippen LogP contribution in [0.5, 0.6) is 0 Å². The van der Waals surface area contributed by atoms with Gasteiger partial charge in [0, 0.05) is 17.0 Å². The van der Waals surface area contributed by atoms with E-state index in [1.807, 2.05) is 0 Å². The Bertz CT molecular complexity index is 629. The second-order valence-electron chi connectivity index (χ2n) is 6.55. The number of hydrogen-bond donors (Lipinski definition) is 2. The van der Waals surface area contributed by atoms with Crippen LogP contribution in [0.25, 0.3) is 11.1 Å². The van der Waals surface area contributed by atoms with Gasteiger partial charge in [-0.1, -0.05) is 62.2 Å². The quantitative estimate of drug-likeness (QED) is 0.745. The Labute approximate surface area is 144 Å². The maximum absolute atomic E-state index is 6.62. The number of nitrogens with two attached hydrogens (primary N) is 1. The molecular weight excluding hydrogens is 300 g/mol. The van der Waals surface area contributed by atoms with Crippen LogP contribution >= 0.6 is 11.9 Å². The second-order valence-corrected chi connectivity index (χ2v) is 7.51. The van der Waals surface area contributed by atoms with Crippen LogP contribution < -0.4 is 10.5 Å². The lowest BCUT2D eigenvalue weighted by molar-refractivity contribution is 0.310. The molecule has 3 rings (SSSR count). The van der Waals surface area contributed by atoms with Crippen molar-refractivity contribution in [3.63, 3.8) is 0 Å². The molecular formula is C20H26N2S. The van der Waals surface area contributed by atoms with Crippen molar-refractivity contribution in [2.24, 2.45) is 11.7 Å². The van der Waals surface area contributed by atoms with Gasteiger partial charge in [0.25, 0.3) is 0 Å². The lowest BCUT2D eigenvalue weighted by Gasteiger charge is -2.31. The summed E-state index contributed by atoms with van der Waals surface area (Å²) in [6, 6.07) is 19.2. The molecule has 0 bridgehead atoms. The van der Waals surface area contributed by atoms with Gasteiger partial charge in [0.2, 0.25) is 0 Å². The summed E-state index contributed by atoms with van der Waals surface area (Å²) in [5.41, 5.74) is 9.11. The van der Waals surface area contributed by atoms with E-state index in [4.69, 9.17) is 5.73 Å². The smallest absolute Gasteiger partial charge is 0.0318 e. The lowest BCUT2D eigenvalue weighted by atomic mass is 9.86. The van der Waals surface area contributed by atoms with Crippen molar-refractivity contribution in [1.82, 2.24) is 4.72 Å². The molecule has 0 saturated heterocycles. The molecule has 122 valence electrons. The average molecular weight is 327 g/mol. The van der Waals surface area contributed by atoms with Crippen molar-refractivity contribution < 1.29 is 0 Å². The minimum Gasteiger partial charge on any atom is -0.324 e. The molecule has 3 N–H and O–H groups in total. The first kappa shape index (κ1) is 16.6. The highest BCUT2D eigenvalue weighted by molar-refractivity contribution is 7.97. The molecule has 2 atom stereocenters. The zero-order valence-corrected chi connectivity index (χ0v) is 14.6. The number of rotatable bonds is 6. The highest BCUT2D eigenvalue weighted by Crippen LogP contribution is 2.36. The molecule has 2 aromatic carbocycles. The Morgan fingerprint density at radius 2 is 1.91 bits per heavy atom. The molecule has 1 aliphatic rings. The van der Waals surface area contributed by atoms with Gasteiger partial charge < -0.3 is 5.73 Å². The molecule has 1 aliphatic carbocycles. The van der Waals surface area contributed by atoms with Crippen LogP contribution in [0.4, 0.5) is 0 Å². The summed E-state index contributed by atoms with van der Waals surface area (Å²) in [7, 11) is 0. The Morgan fingerprint density at radius 1 is 1.13 bits per heavy atom. The van der Waals surface area contributed by atoms with Crippen molar-refractivity contribution >= 4 is 11.9 Å². The van der Waals surface area contributed by atoms with Gasteiger partial charge in [-0.25, -0.2) is 0 Å². The van der Waals surface area contributed by atoms with E-state index in [1.54, 1.807) is 11.9 Å². The van der Waals surface area contributed by atoms with Crippen molar-refractivity contribution in [3.05, 3.63) is 54.6 Å². The van der Waals surface area contributed by atoms with E-state index in [0.29, 0.717) is 5.92 Å². The SMILES string of the molecule is CCC1CCCC1(N)CNSc1cccc(-c2ccccc2)c1. The van der Waals surface area contributed by atoms with Crippen LogP contribution in [0.1, 0.15) is 32.6 Å². The molecule has 3 heteroatoms. The zero-order chi connectivity index (χ0) is 16.1. The first-order valence-corrected chi connectivity index (χ1v) is 9.37. The van der Waals surface area contributed by atoms with Crippen molar-refractivity contribution in [1.29, 1.82) is 0 Å². The highest BCUT2D eigenvalue weighted by Gasteiger charge is 2.37. The minimum absolute atomic E-state index is 0.0290. The first-order valence-electron chi connectivity index (χ1n) is 8.55. The molecule has 0 amide bonds. The summed E-state index contributed by atoms with van der Waals surface area (Å²) in [5.74, 6) is 0.659. The minimum atomic E-state index is -0.0290. The maximum atomic E-state index is 6.62. The van der Waals surface area contributed by atoms with Crippen molar-refractivity contribution in [2.45, 2.75) is 43.0 Å². The summed E-state index contributed by atoms with van der Waals surface area (Å²) in [4.78, 5) is 1.24. The summed E-state index contributed by atoms with van der Waals surface area (Å²) >= 11 is 1.70. The third-order valence-electron chi connectivity index (χ3n) is 5.03. The Morgan fingerprint density at radius 3 is 2.70 bits per heavy atom. The number of nitrogens with one attached hydrogen (secondary N) is 1. The summed E-state index contributed by atoms with van der Waals surface area (Å²) in [6.07, 6.45) is 4.88. The maximum Gasteiger partial charge on any atom is 0.0318 e. The fourth-order valence-electron chi connectivity index (χ4n) is 3.64. The van der Waals surface area contributed by atoms with E-state index < -0.39 is 0 Å². The van der Waals surface area contributed by atoms with Gasteiger partial charge in [0.15, 0.2) is 0 Å². The Balaban J connectivity index is 1.61. The first-order chi connectivity index (χ1) is 11.2. The molecule has 0 heterocycles. The summed E-state index contributed by atoms with van der Waals surface area (Å²) in [6.45, 7) is 3.14. The number of hydrogen-bond acceptors (Lipinski definition) is 3. The van der Waals surface area contributed by atoms with Crippen molar-refractivity contribution in [3.8, 4) is 11.1 Å². The van der Waals surface area contributed by atoms with Gasteiger partial charge in [-0.15, -0.1) is 0 Å². The Hall–Kier alpha value is -1.29. The van der Waals surface area contributed by atoms with Crippen LogP contribution in [0.2, 0.25) is 0 Å². The highest BCUT2D eigenvalue weighted by atomic mass is 32.2. The fourth-order valence-corrected chi connectivity index (χ4v) is 4.48. The molecule has 23 heavy (non-hydrogen) atoms. The van der Waals surface area contributed by atoms with Crippen LogP contribution in [0.3, 0.4) is 0 Å². The second kappa shape index (κ2) is 7.52. The predicted octanol–water partition coefficient (Wildman–Crippen LogP) is 4.86. The molecule has 0 spiro atoms. The molecule has 1 fully saturated rings. The van der Waals surface area contributed by atoms with Crippen LogP contribution in [0.15, 0.2) is 59.5 Å². The molecule has 0 aliphatic heterocycles. The fraction of sp³-hybridized carbons (Fsp3) is 0.400. The Kier molecular flexibility index (Phi) is 5.42.